The fraction of sp³-hybridized carbons (Fsp3) is 0.923. The van der Waals surface area contributed by atoms with Gasteiger partial charge in [0.05, 0.1) is 18.1 Å². The molecule has 1 heterocycles. The minimum Gasteiger partial charge on any atom is -0.481 e. The molecule has 4 rings (SSSR count). The van der Waals surface area contributed by atoms with E-state index in [0.717, 1.165) is 58.2 Å². The Balaban J connectivity index is 1.74. The number of ether oxygens (including phenoxy) is 1. The second kappa shape index (κ2) is 3.95. The number of nitrogens with one attached hydrogen (secondary N) is 1. The zero-order valence-corrected chi connectivity index (χ0v) is 10.2. The molecule has 0 spiro atoms. The molecule has 4 heteroatoms. The van der Waals surface area contributed by atoms with E-state index in [1.165, 1.54) is 0 Å². The highest BCUT2D eigenvalue weighted by Crippen LogP contribution is 2.58. The van der Waals surface area contributed by atoms with Crippen LogP contribution in [0.15, 0.2) is 0 Å². The van der Waals surface area contributed by atoms with Crippen LogP contribution in [0.2, 0.25) is 0 Å². The predicted molar refractivity (Wildman–Crippen MR) is 62.8 cm³/mol. The summed E-state index contributed by atoms with van der Waals surface area (Å²) in [7, 11) is 0. The van der Waals surface area contributed by atoms with Crippen molar-refractivity contribution in [3.05, 3.63) is 0 Å². The number of hydrogen-bond acceptors (Lipinski definition) is 3. The highest BCUT2D eigenvalue weighted by atomic mass is 16.5. The number of morpholine rings is 1. The van der Waals surface area contributed by atoms with E-state index in [1.807, 2.05) is 0 Å². The van der Waals surface area contributed by atoms with Gasteiger partial charge in [-0.25, -0.2) is 0 Å². The minimum absolute atomic E-state index is 0.268. The van der Waals surface area contributed by atoms with Crippen molar-refractivity contribution in [3.63, 3.8) is 0 Å². The third-order valence-electron chi connectivity index (χ3n) is 5.37. The first-order valence-corrected chi connectivity index (χ1v) is 6.73. The molecule has 3 aliphatic carbocycles. The Labute approximate surface area is 102 Å². The first kappa shape index (κ1) is 11.5. The zero-order chi connectivity index (χ0) is 11.9. The number of fused-ring (bicyclic) bond motifs is 3. The summed E-state index contributed by atoms with van der Waals surface area (Å²) in [5, 5.41) is 12.8. The van der Waals surface area contributed by atoms with E-state index >= 15 is 0 Å². The molecule has 2 N–H and O–H groups in total. The lowest BCUT2D eigenvalue weighted by Gasteiger charge is -2.55. The first-order chi connectivity index (χ1) is 8.17. The van der Waals surface area contributed by atoms with Crippen molar-refractivity contribution in [2.24, 2.45) is 10.8 Å². The first-order valence-electron chi connectivity index (χ1n) is 6.73. The summed E-state index contributed by atoms with van der Waals surface area (Å²) in [6, 6.07) is 0. The summed E-state index contributed by atoms with van der Waals surface area (Å²) in [4.78, 5) is 11.4. The average Bonchev–Trinajstić information content (AvgIpc) is 2.42. The molecule has 1 aliphatic heterocycles. The van der Waals surface area contributed by atoms with E-state index in [4.69, 9.17) is 4.74 Å². The van der Waals surface area contributed by atoms with Gasteiger partial charge in [-0.3, -0.25) is 4.79 Å². The van der Waals surface area contributed by atoms with Gasteiger partial charge in [0.1, 0.15) is 0 Å². The van der Waals surface area contributed by atoms with Gasteiger partial charge in [0.2, 0.25) is 0 Å². The Hall–Kier alpha value is -0.610. The molecule has 4 fully saturated rings. The third kappa shape index (κ3) is 1.69. The number of carboxylic acids is 1. The maximum absolute atomic E-state index is 11.4. The van der Waals surface area contributed by atoms with Crippen molar-refractivity contribution in [1.29, 1.82) is 0 Å². The molecule has 2 bridgehead atoms. The normalized spacial score (nSPS) is 45.8. The molecule has 0 aromatic heterocycles. The SMILES string of the molecule is O=C(O)C12CCC(C3CNCCO3)(CC1)CC2. The van der Waals surface area contributed by atoms with Crippen molar-refractivity contribution in [1.82, 2.24) is 5.32 Å². The van der Waals surface area contributed by atoms with E-state index < -0.39 is 11.4 Å². The van der Waals surface area contributed by atoms with Gasteiger partial charge >= 0.3 is 5.97 Å². The Morgan fingerprint density at radius 3 is 2.29 bits per heavy atom. The molecule has 0 amide bonds. The Bertz CT molecular complexity index is 298. The van der Waals surface area contributed by atoms with Crippen LogP contribution in [0.3, 0.4) is 0 Å². The summed E-state index contributed by atoms with van der Waals surface area (Å²) in [6.45, 7) is 2.70. The van der Waals surface area contributed by atoms with Gasteiger partial charge in [0, 0.05) is 13.1 Å². The number of aliphatic carboxylic acids is 1. The van der Waals surface area contributed by atoms with Crippen LogP contribution in [-0.2, 0) is 9.53 Å². The molecule has 3 saturated carbocycles. The fourth-order valence-electron chi connectivity index (χ4n) is 3.98. The van der Waals surface area contributed by atoms with E-state index in [9.17, 15) is 9.90 Å². The molecule has 1 atom stereocenters. The second-order valence-electron chi connectivity index (χ2n) is 6.01. The summed E-state index contributed by atoms with van der Waals surface area (Å²) < 4.78 is 5.92. The van der Waals surface area contributed by atoms with E-state index in [0.29, 0.717) is 6.10 Å². The summed E-state index contributed by atoms with van der Waals surface area (Å²) in [5.41, 5.74) is -0.130. The number of rotatable bonds is 2. The minimum atomic E-state index is -0.575. The maximum Gasteiger partial charge on any atom is 0.309 e. The zero-order valence-electron chi connectivity index (χ0n) is 10.2. The van der Waals surface area contributed by atoms with Gasteiger partial charge < -0.3 is 15.2 Å². The van der Waals surface area contributed by atoms with E-state index in [1.54, 1.807) is 0 Å². The largest absolute Gasteiger partial charge is 0.481 e. The molecule has 1 saturated heterocycles. The van der Waals surface area contributed by atoms with Crippen LogP contribution in [0, 0.1) is 10.8 Å². The maximum atomic E-state index is 11.4. The Morgan fingerprint density at radius 2 is 1.82 bits per heavy atom. The lowest BCUT2D eigenvalue weighted by molar-refractivity contribution is -0.169. The summed E-state index contributed by atoms with van der Waals surface area (Å²) in [6.07, 6.45) is 5.96. The van der Waals surface area contributed by atoms with Gasteiger partial charge in [-0.05, 0) is 43.9 Å². The van der Waals surface area contributed by atoms with Gasteiger partial charge in [0.25, 0.3) is 0 Å². The summed E-state index contributed by atoms with van der Waals surface area (Å²) >= 11 is 0. The molecule has 0 aromatic carbocycles. The quantitative estimate of drug-likeness (QED) is 0.764. The molecule has 96 valence electrons. The van der Waals surface area contributed by atoms with Crippen LogP contribution >= 0.6 is 0 Å². The van der Waals surface area contributed by atoms with Crippen molar-refractivity contribution in [2.75, 3.05) is 19.7 Å². The molecule has 0 aromatic rings. The highest BCUT2D eigenvalue weighted by molar-refractivity contribution is 5.75. The van der Waals surface area contributed by atoms with Gasteiger partial charge in [-0.15, -0.1) is 0 Å². The lowest BCUT2D eigenvalue weighted by atomic mass is 9.52. The highest BCUT2D eigenvalue weighted by Gasteiger charge is 2.55. The fourth-order valence-corrected chi connectivity index (χ4v) is 3.98. The summed E-state index contributed by atoms with van der Waals surface area (Å²) in [5.74, 6) is -0.575. The standard InChI is InChI=1S/C13H21NO3/c15-11(16)13-4-1-12(2-5-13,3-6-13)10-9-14-7-8-17-10/h10,14H,1-9H2,(H,15,16). The van der Waals surface area contributed by atoms with E-state index in [-0.39, 0.29) is 5.41 Å². The predicted octanol–water partition coefficient (Wildman–Crippen LogP) is 1.40. The molecule has 0 radical (unpaired) electrons. The van der Waals surface area contributed by atoms with E-state index in [2.05, 4.69) is 5.32 Å². The molecule has 4 nitrogen and oxygen atoms in total. The van der Waals surface area contributed by atoms with Gasteiger partial charge in [0.15, 0.2) is 0 Å². The van der Waals surface area contributed by atoms with Crippen LogP contribution in [-0.4, -0.2) is 36.9 Å². The molecular weight excluding hydrogens is 218 g/mol. The number of carbonyl (C=O) groups is 1. The monoisotopic (exact) mass is 239 g/mol. The van der Waals surface area contributed by atoms with Crippen LogP contribution in [0.1, 0.15) is 38.5 Å². The third-order valence-corrected chi connectivity index (χ3v) is 5.37. The van der Waals surface area contributed by atoms with Gasteiger partial charge in [-0.2, -0.15) is 0 Å². The van der Waals surface area contributed by atoms with Crippen molar-refractivity contribution >= 4 is 5.97 Å². The number of carboxylic acid groups (broad SMARTS) is 1. The number of hydrogen-bond donors (Lipinski definition) is 2. The lowest BCUT2D eigenvalue weighted by Crippen LogP contribution is -2.55. The molecule has 4 aliphatic rings. The topological polar surface area (TPSA) is 58.6 Å². The van der Waals surface area contributed by atoms with Crippen molar-refractivity contribution in [3.8, 4) is 0 Å². The molecule has 1 unspecified atom stereocenters. The van der Waals surface area contributed by atoms with Crippen LogP contribution in [0.25, 0.3) is 0 Å². The smallest absolute Gasteiger partial charge is 0.309 e. The van der Waals surface area contributed by atoms with Gasteiger partial charge in [-0.1, -0.05) is 0 Å². The van der Waals surface area contributed by atoms with Crippen LogP contribution in [0.5, 0.6) is 0 Å². The Morgan fingerprint density at radius 1 is 1.18 bits per heavy atom. The molecule has 17 heavy (non-hydrogen) atoms. The Kier molecular flexibility index (Phi) is 2.67. The van der Waals surface area contributed by atoms with Crippen molar-refractivity contribution in [2.45, 2.75) is 44.6 Å². The van der Waals surface area contributed by atoms with Crippen LogP contribution < -0.4 is 5.32 Å². The average molecular weight is 239 g/mol. The van der Waals surface area contributed by atoms with Crippen LogP contribution in [0.4, 0.5) is 0 Å². The molecular formula is C13H21NO3. The second-order valence-corrected chi connectivity index (χ2v) is 6.01. The van der Waals surface area contributed by atoms with Crippen molar-refractivity contribution < 1.29 is 14.6 Å².